The molecule has 1 aliphatic heterocycles. The lowest BCUT2D eigenvalue weighted by Crippen LogP contribution is -2.39. The molecule has 1 fully saturated rings. The maximum Gasteiger partial charge on any atom is 0.473 e. The molecular formula is C17H29N2O9P. The van der Waals surface area contributed by atoms with Gasteiger partial charge in [0.25, 0.3) is 5.56 Å². The van der Waals surface area contributed by atoms with Gasteiger partial charge in [0.2, 0.25) is 0 Å². The molecule has 1 aromatic rings. The van der Waals surface area contributed by atoms with Crippen LogP contribution >= 0.6 is 7.82 Å². The Morgan fingerprint density at radius 1 is 1.21 bits per heavy atom. The lowest BCUT2D eigenvalue weighted by molar-refractivity contribution is -0.101. The molecule has 3 N–H and O–H groups in total. The van der Waals surface area contributed by atoms with E-state index in [1.165, 1.54) is 0 Å². The second-order valence-electron chi connectivity index (χ2n) is 8.74. The predicted octanol–water partition coefficient (Wildman–Crippen LogP) is 0.911. The highest BCUT2D eigenvalue weighted by atomic mass is 31.2. The first-order valence-electron chi connectivity index (χ1n) is 9.09. The molecule has 1 aliphatic rings. The fourth-order valence-electron chi connectivity index (χ4n) is 2.69. The Morgan fingerprint density at radius 2 is 1.83 bits per heavy atom. The van der Waals surface area contributed by atoms with Gasteiger partial charge in [-0.2, -0.15) is 0 Å². The fourth-order valence-corrected chi connectivity index (χ4v) is 4.00. The summed E-state index contributed by atoms with van der Waals surface area (Å²) in [4.78, 5) is 35.6. The average molecular weight is 436 g/mol. The van der Waals surface area contributed by atoms with Gasteiger partial charge in [0.05, 0.1) is 17.8 Å². The molecule has 29 heavy (non-hydrogen) atoms. The fraction of sp³-hybridized carbons (Fsp3) is 0.765. The molecule has 1 saturated heterocycles. The first-order chi connectivity index (χ1) is 13.1. The van der Waals surface area contributed by atoms with E-state index in [4.69, 9.17) is 18.5 Å². The number of phosphoric acid groups is 1. The second kappa shape index (κ2) is 8.43. The van der Waals surface area contributed by atoms with E-state index in [9.17, 15) is 24.2 Å². The van der Waals surface area contributed by atoms with Crippen LogP contribution in [0.5, 0.6) is 0 Å². The number of rotatable bonds is 6. The van der Waals surface area contributed by atoms with E-state index in [0.717, 1.165) is 16.8 Å². The molecule has 0 amide bonds. The van der Waals surface area contributed by atoms with Crippen LogP contribution in [0.15, 0.2) is 21.9 Å². The van der Waals surface area contributed by atoms with Crippen molar-refractivity contribution in [1.29, 1.82) is 0 Å². The zero-order valence-corrected chi connectivity index (χ0v) is 18.2. The van der Waals surface area contributed by atoms with Crippen molar-refractivity contribution in [3.05, 3.63) is 33.1 Å². The van der Waals surface area contributed by atoms with Crippen molar-refractivity contribution in [2.45, 2.75) is 77.3 Å². The van der Waals surface area contributed by atoms with Gasteiger partial charge >= 0.3 is 13.5 Å². The number of ether oxygens (including phenoxy) is 2. The van der Waals surface area contributed by atoms with Gasteiger partial charge in [0.15, 0.2) is 6.23 Å². The summed E-state index contributed by atoms with van der Waals surface area (Å²) in [7, 11) is -4.58. The third-order valence-electron chi connectivity index (χ3n) is 3.76. The Hall–Kier alpha value is -1.33. The molecule has 2 heterocycles. The van der Waals surface area contributed by atoms with Gasteiger partial charge in [-0.1, -0.05) is 0 Å². The summed E-state index contributed by atoms with van der Waals surface area (Å²) in [6.45, 7) is 10.0. The minimum absolute atomic E-state index is 0.0879. The van der Waals surface area contributed by atoms with Crippen molar-refractivity contribution in [3.8, 4) is 0 Å². The quantitative estimate of drug-likeness (QED) is 0.553. The lowest BCUT2D eigenvalue weighted by atomic mass is 10.1. The number of H-pyrrole nitrogens is 1. The third-order valence-corrected chi connectivity index (χ3v) is 5.05. The summed E-state index contributed by atoms with van der Waals surface area (Å²) in [5, 5.41) is 10.7. The number of aromatic amines is 1. The van der Waals surface area contributed by atoms with Crippen LogP contribution < -0.4 is 11.2 Å². The van der Waals surface area contributed by atoms with Crippen molar-refractivity contribution in [1.82, 2.24) is 9.55 Å². The molecule has 2 unspecified atom stereocenters. The molecule has 0 saturated carbocycles. The maximum absolute atomic E-state index is 12.4. The Morgan fingerprint density at radius 3 is 2.34 bits per heavy atom. The molecule has 0 radical (unpaired) electrons. The van der Waals surface area contributed by atoms with Gasteiger partial charge < -0.3 is 19.5 Å². The monoisotopic (exact) mass is 436 g/mol. The molecule has 166 valence electrons. The van der Waals surface area contributed by atoms with E-state index < -0.39 is 54.8 Å². The van der Waals surface area contributed by atoms with E-state index in [0.29, 0.717) is 0 Å². The molecule has 0 aliphatic carbocycles. The minimum atomic E-state index is -4.58. The van der Waals surface area contributed by atoms with Crippen molar-refractivity contribution >= 4 is 7.82 Å². The molecule has 2 rings (SSSR count). The number of nitrogens with one attached hydrogen (secondary N) is 1. The van der Waals surface area contributed by atoms with Crippen molar-refractivity contribution in [3.63, 3.8) is 0 Å². The number of aliphatic hydroxyl groups excluding tert-OH is 1. The summed E-state index contributed by atoms with van der Waals surface area (Å²) in [5.74, 6) is 0. The summed E-state index contributed by atoms with van der Waals surface area (Å²) in [5.41, 5.74) is -2.97. The molecule has 1 aromatic heterocycles. The molecule has 0 aromatic carbocycles. The first kappa shape index (κ1) is 23.9. The van der Waals surface area contributed by atoms with Crippen molar-refractivity contribution < 1.29 is 33.1 Å². The Labute approximate surface area is 168 Å². The van der Waals surface area contributed by atoms with Gasteiger partial charge in [-0.15, -0.1) is 0 Å². The minimum Gasteiger partial charge on any atom is -0.386 e. The molecular weight excluding hydrogens is 407 g/mol. The van der Waals surface area contributed by atoms with E-state index in [-0.39, 0.29) is 6.61 Å². The molecule has 11 nitrogen and oxygen atoms in total. The lowest BCUT2D eigenvalue weighted by Gasteiger charge is -2.28. The number of nitrogens with zero attached hydrogens (tertiary/aromatic N) is 1. The van der Waals surface area contributed by atoms with Gasteiger partial charge in [-0.05, 0) is 41.5 Å². The zero-order chi connectivity index (χ0) is 22.2. The topological polar surface area (TPSA) is 149 Å². The zero-order valence-electron chi connectivity index (χ0n) is 17.3. The summed E-state index contributed by atoms with van der Waals surface area (Å²) in [6, 6.07) is 1.09. The highest BCUT2D eigenvalue weighted by Gasteiger charge is 2.50. The van der Waals surface area contributed by atoms with Gasteiger partial charge in [0.1, 0.15) is 18.3 Å². The van der Waals surface area contributed by atoms with Crippen LogP contribution in [0.4, 0.5) is 0 Å². The number of aliphatic hydroxyl groups is 1. The smallest absolute Gasteiger partial charge is 0.386 e. The van der Waals surface area contributed by atoms with Crippen LogP contribution in [0.25, 0.3) is 0 Å². The highest BCUT2D eigenvalue weighted by molar-refractivity contribution is 7.47. The van der Waals surface area contributed by atoms with Gasteiger partial charge in [0, 0.05) is 12.3 Å². The van der Waals surface area contributed by atoms with E-state index in [2.05, 4.69) is 4.98 Å². The Balaban J connectivity index is 2.32. The van der Waals surface area contributed by atoms with Crippen molar-refractivity contribution in [2.24, 2.45) is 0 Å². The third kappa shape index (κ3) is 6.85. The van der Waals surface area contributed by atoms with Crippen LogP contribution in [0.2, 0.25) is 0 Å². The summed E-state index contributed by atoms with van der Waals surface area (Å²) >= 11 is 0. The number of phosphoric ester groups is 1. The molecule has 0 bridgehead atoms. The normalized spacial score (nSPS) is 27.7. The number of hydrogen-bond acceptors (Lipinski definition) is 8. The van der Waals surface area contributed by atoms with Gasteiger partial charge in [-0.25, -0.2) is 9.36 Å². The number of hydrogen-bond donors (Lipinski definition) is 3. The summed E-state index contributed by atoms with van der Waals surface area (Å²) < 4.78 is 35.1. The largest absolute Gasteiger partial charge is 0.473 e. The van der Waals surface area contributed by atoms with E-state index in [1.54, 1.807) is 41.5 Å². The molecule has 0 spiro atoms. The van der Waals surface area contributed by atoms with Crippen LogP contribution in [-0.4, -0.2) is 55.7 Å². The van der Waals surface area contributed by atoms with Gasteiger partial charge in [-0.3, -0.25) is 23.4 Å². The second-order valence-corrected chi connectivity index (χ2v) is 10.1. The Bertz CT molecular complexity index is 867. The van der Waals surface area contributed by atoms with Crippen LogP contribution in [0.1, 0.15) is 47.8 Å². The predicted molar refractivity (Wildman–Crippen MR) is 102 cm³/mol. The summed E-state index contributed by atoms with van der Waals surface area (Å²) in [6.07, 6.45) is -3.95. The standard InChI is InChI=1S/C17H29N2O9P/c1-16(2,3)25-9-10-13(27-29(23,24)28-17(4,5)6)12(21)14(26-10)19-8-7-11(20)18-15(19)22/h7-8,10,12-14,21H,9H2,1-6H3,(H,23,24)(H,18,20,22)/t10-,12+,13?,14-/m1/s1. The van der Waals surface area contributed by atoms with Crippen LogP contribution in [0, 0.1) is 0 Å². The van der Waals surface area contributed by atoms with Crippen LogP contribution in [-0.2, 0) is 23.1 Å². The number of aromatic nitrogens is 2. The Kier molecular flexibility index (Phi) is 6.96. The van der Waals surface area contributed by atoms with Crippen LogP contribution in [0.3, 0.4) is 0 Å². The maximum atomic E-state index is 12.4. The van der Waals surface area contributed by atoms with E-state index >= 15 is 0 Å². The van der Waals surface area contributed by atoms with Crippen molar-refractivity contribution in [2.75, 3.05) is 6.61 Å². The first-order valence-corrected chi connectivity index (χ1v) is 10.6. The SMILES string of the molecule is CC(C)(C)OC[C@H]1O[C@@H](n2ccc(=O)[nH]c2=O)[C@@H](O)C1OP(=O)(O)OC(C)(C)C. The molecule has 5 atom stereocenters. The average Bonchev–Trinajstić information content (AvgIpc) is 2.78. The molecule has 12 heteroatoms. The van der Waals surface area contributed by atoms with E-state index in [1.807, 2.05) is 0 Å². The highest BCUT2D eigenvalue weighted by Crippen LogP contribution is 2.51.